The van der Waals surface area contributed by atoms with Crippen LogP contribution in [0.15, 0.2) is 16.5 Å². The lowest BCUT2D eigenvalue weighted by molar-refractivity contribution is 0.170. The molecule has 0 saturated carbocycles. The van der Waals surface area contributed by atoms with Crippen molar-refractivity contribution in [3.8, 4) is 0 Å². The lowest BCUT2D eigenvalue weighted by atomic mass is 10.0. The number of likely N-dealkylation sites (N-methyl/N-ethyl adjacent to an activating group) is 1. The van der Waals surface area contributed by atoms with Crippen LogP contribution in [0.1, 0.15) is 18.4 Å². The third-order valence-corrected chi connectivity index (χ3v) is 3.43. The zero-order valence-corrected chi connectivity index (χ0v) is 11.6. The van der Waals surface area contributed by atoms with Gasteiger partial charge in [0.25, 0.3) is 0 Å². The number of rotatable bonds is 6. The summed E-state index contributed by atoms with van der Waals surface area (Å²) in [4.78, 5) is 2.31. The van der Waals surface area contributed by atoms with E-state index < -0.39 is 0 Å². The molecule has 1 aliphatic rings. The molecule has 0 radical (unpaired) electrons. The summed E-state index contributed by atoms with van der Waals surface area (Å²) < 4.78 is 11.2. The Bertz CT molecular complexity index is 364. The highest BCUT2D eigenvalue weighted by molar-refractivity contribution is 5.05. The van der Waals surface area contributed by atoms with E-state index in [1.165, 1.54) is 0 Å². The van der Waals surface area contributed by atoms with Crippen molar-refractivity contribution in [2.75, 3.05) is 33.4 Å². The minimum atomic E-state index is 0.496. The van der Waals surface area contributed by atoms with Crippen LogP contribution in [0.5, 0.6) is 0 Å². The standard InChI is InChI=1S/C14H24N2O2/c1-4-15-14-10-17-9-12(14)7-16(3)8-13-6-5-11(2)18-13/h5-6,12,14-15H,4,7-10H2,1-3H3. The van der Waals surface area contributed by atoms with Crippen LogP contribution >= 0.6 is 0 Å². The summed E-state index contributed by atoms with van der Waals surface area (Å²) in [5.41, 5.74) is 0. The third kappa shape index (κ3) is 3.57. The third-order valence-electron chi connectivity index (χ3n) is 3.43. The Morgan fingerprint density at radius 3 is 2.89 bits per heavy atom. The first kappa shape index (κ1) is 13.6. The molecule has 0 aliphatic carbocycles. The van der Waals surface area contributed by atoms with Crippen LogP contribution < -0.4 is 5.32 Å². The number of nitrogens with zero attached hydrogens (tertiary/aromatic N) is 1. The highest BCUT2D eigenvalue weighted by atomic mass is 16.5. The molecule has 0 amide bonds. The Morgan fingerprint density at radius 1 is 1.39 bits per heavy atom. The van der Waals surface area contributed by atoms with Crippen LogP contribution in [0.3, 0.4) is 0 Å². The Balaban J connectivity index is 1.81. The summed E-state index contributed by atoms with van der Waals surface area (Å²) in [6.07, 6.45) is 0. The molecule has 1 saturated heterocycles. The lowest BCUT2D eigenvalue weighted by Crippen LogP contribution is -2.40. The second kappa shape index (κ2) is 6.36. The van der Waals surface area contributed by atoms with Crippen LogP contribution in [0.2, 0.25) is 0 Å². The summed E-state index contributed by atoms with van der Waals surface area (Å²) in [6, 6.07) is 4.57. The van der Waals surface area contributed by atoms with E-state index in [4.69, 9.17) is 9.15 Å². The van der Waals surface area contributed by atoms with Crippen LogP contribution in [-0.2, 0) is 11.3 Å². The first-order valence-corrected chi connectivity index (χ1v) is 6.74. The van der Waals surface area contributed by atoms with Gasteiger partial charge in [0.1, 0.15) is 11.5 Å². The smallest absolute Gasteiger partial charge is 0.118 e. The molecule has 2 rings (SSSR count). The fraction of sp³-hybridized carbons (Fsp3) is 0.714. The molecule has 1 N–H and O–H groups in total. The number of ether oxygens (including phenoxy) is 1. The fourth-order valence-electron chi connectivity index (χ4n) is 2.57. The molecule has 1 fully saturated rings. The van der Waals surface area contributed by atoms with Gasteiger partial charge in [0, 0.05) is 18.5 Å². The minimum Gasteiger partial charge on any atom is -0.465 e. The van der Waals surface area contributed by atoms with Crippen molar-refractivity contribution in [1.29, 1.82) is 0 Å². The van der Waals surface area contributed by atoms with E-state index >= 15 is 0 Å². The summed E-state index contributed by atoms with van der Waals surface area (Å²) in [5.74, 6) is 2.59. The zero-order chi connectivity index (χ0) is 13.0. The molecule has 4 nitrogen and oxygen atoms in total. The maximum absolute atomic E-state index is 5.60. The van der Waals surface area contributed by atoms with E-state index in [-0.39, 0.29) is 0 Å². The molecular formula is C14H24N2O2. The molecule has 1 aromatic rings. The van der Waals surface area contributed by atoms with E-state index in [1.54, 1.807) is 0 Å². The van der Waals surface area contributed by atoms with Gasteiger partial charge < -0.3 is 14.5 Å². The topological polar surface area (TPSA) is 37.6 Å². The fourth-order valence-corrected chi connectivity index (χ4v) is 2.57. The number of aryl methyl sites for hydroxylation is 1. The molecular weight excluding hydrogens is 228 g/mol. The molecule has 2 unspecified atom stereocenters. The number of furan rings is 1. The first-order chi connectivity index (χ1) is 8.69. The summed E-state index contributed by atoms with van der Waals surface area (Å²) in [7, 11) is 2.14. The predicted molar refractivity (Wildman–Crippen MR) is 71.6 cm³/mol. The van der Waals surface area contributed by atoms with Gasteiger partial charge in [-0.15, -0.1) is 0 Å². The molecule has 18 heavy (non-hydrogen) atoms. The average molecular weight is 252 g/mol. The molecule has 0 spiro atoms. The average Bonchev–Trinajstić information content (AvgIpc) is 2.90. The first-order valence-electron chi connectivity index (χ1n) is 6.74. The van der Waals surface area contributed by atoms with E-state index in [1.807, 2.05) is 13.0 Å². The van der Waals surface area contributed by atoms with Crippen molar-refractivity contribution < 1.29 is 9.15 Å². The largest absolute Gasteiger partial charge is 0.465 e. The maximum atomic E-state index is 5.60. The van der Waals surface area contributed by atoms with Gasteiger partial charge in [-0.2, -0.15) is 0 Å². The van der Waals surface area contributed by atoms with Gasteiger partial charge in [0.2, 0.25) is 0 Å². The molecule has 2 heterocycles. The van der Waals surface area contributed by atoms with E-state index in [0.29, 0.717) is 12.0 Å². The zero-order valence-electron chi connectivity index (χ0n) is 11.6. The maximum Gasteiger partial charge on any atom is 0.118 e. The van der Waals surface area contributed by atoms with E-state index in [2.05, 4.69) is 30.3 Å². The predicted octanol–water partition coefficient (Wildman–Crippen LogP) is 1.64. The van der Waals surface area contributed by atoms with Gasteiger partial charge >= 0.3 is 0 Å². The Hall–Kier alpha value is -0.840. The Kier molecular flexibility index (Phi) is 4.80. The van der Waals surface area contributed by atoms with Crippen molar-refractivity contribution in [2.45, 2.75) is 26.4 Å². The number of hydrogen-bond donors (Lipinski definition) is 1. The van der Waals surface area contributed by atoms with E-state index in [9.17, 15) is 0 Å². The highest BCUT2D eigenvalue weighted by Gasteiger charge is 2.28. The van der Waals surface area contributed by atoms with Gasteiger partial charge in [-0.3, -0.25) is 4.90 Å². The van der Waals surface area contributed by atoms with Gasteiger partial charge in [-0.05, 0) is 32.6 Å². The van der Waals surface area contributed by atoms with Crippen molar-refractivity contribution >= 4 is 0 Å². The van der Waals surface area contributed by atoms with Crippen LogP contribution in [0.4, 0.5) is 0 Å². The molecule has 102 valence electrons. The van der Waals surface area contributed by atoms with Crippen molar-refractivity contribution in [3.05, 3.63) is 23.7 Å². The molecule has 2 atom stereocenters. The van der Waals surface area contributed by atoms with Gasteiger partial charge in [0.05, 0.1) is 19.8 Å². The summed E-state index contributed by atoms with van der Waals surface area (Å²) >= 11 is 0. The van der Waals surface area contributed by atoms with Gasteiger partial charge in [-0.25, -0.2) is 0 Å². The van der Waals surface area contributed by atoms with Gasteiger partial charge in [-0.1, -0.05) is 6.92 Å². The van der Waals surface area contributed by atoms with Crippen LogP contribution in [0.25, 0.3) is 0 Å². The summed E-state index contributed by atoms with van der Waals surface area (Å²) in [5, 5.41) is 3.49. The molecule has 0 bridgehead atoms. The second-order valence-corrected chi connectivity index (χ2v) is 5.17. The normalized spacial score (nSPS) is 24.0. The monoisotopic (exact) mass is 252 g/mol. The van der Waals surface area contributed by atoms with Crippen LogP contribution in [-0.4, -0.2) is 44.3 Å². The highest BCUT2D eigenvalue weighted by Crippen LogP contribution is 2.16. The molecule has 1 aromatic heterocycles. The number of hydrogen-bond acceptors (Lipinski definition) is 4. The second-order valence-electron chi connectivity index (χ2n) is 5.17. The van der Waals surface area contributed by atoms with Crippen LogP contribution in [0, 0.1) is 12.8 Å². The van der Waals surface area contributed by atoms with Crippen molar-refractivity contribution in [3.63, 3.8) is 0 Å². The van der Waals surface area contributed by atoms with Gasteiger partial charge in [0.15, 0.2) is 0 Å². The lowest BCUT2D eigenvalue weighted by Gasteiger charge is -2.23. The van der Waals surface area contributed by atoms with Crippen molar-refractivity contribution in [2.24, 2.45) is 5.92 Å². The molecule has 1 aliphatic heterocycles. The molecule has 4 heteroatoms. The molecule has 0 aromatic carbocycles. The SMILES string of the molecule is CCNC1COCC1CN(C)Cc1ccc(C)o1. The van der Waals surface area contributed by atoms with E-state index in [0.717, 1.165) is 44.4 Å². The minimum absolute atomic E-state index is 0.496. The Labute approximate surface area is 109 Å². The van der Waals surface area contributed by atoms with Crippen molar-refractivity contribution in [1.82, 2.24) is 10.2 Å². The Morgan fingerprint density at radius 2 is 2.22 bits per heavy atom. The number of nitrogens with one attached hydrogen (secondary N) is 1. The quantitative estimate of drug-likeness (QED) is 0.835. The summed E-state index contributed by atoms with van der Waals surface area (Å²) in [6.45, 7) is 8.73.